The van der Waals surface area contributed by atoms with Crippen molar-refractivity contribution in [1.82, 2.24) is 14.3 Å². The highest BCUT2D eigenvalue weighted by Crippen LogP contribution is 2.32. The topological polar surface area (TPSA) is 46.8 Å². The summed E-state index contributed by atoms with van der Waals surface area (Å²) in [6.07, 6.45) is 3.85. The zero-order valence-electron chi connectivity index (χ0n) is 13.9. The molecule has 0 aromatic carbocycles. The predicted molar refractivity (Wildman–Crippen MR) is 92.6 cm³/mol. The summed E-state index contributed by atoms with van der Waals surface area (Å²) < 4.78 is 8.46. The molecule has 1 saturated heterocycles. The quantitative estimate of drug-likeness (QED) is 0.789. The van der Waals surface area contributed by atoms with Crippen LogP contribution >= 0.6 is 15.9 Å². The van der Waals surface area contributed by atoms with Crippen molar-refractivity contribution in [3.8, 4) is 0 Å². The first-order chi connectivity index (χ1) is 10.7. The van der Waals surface area contributed by atoms with Gasteiger partial charge >= 0.3 is 6.09 Å². The van der Waals surface area contributed by atoms with Crippen molar-refractivity contribution in [1.29, 1.82) is 0 Å². The van der Waals surface area contributed by atoms with Crippen molar-refractivity contribution >= 4 is 27.7 Å². The Balaban J connectivity index is 1.63. The van der Waals surface area contributed by atoms with E-state index in [0.29, 0.717) is 11.8 Å². The highest BCUT2D eigenvalue weighted by Gasteiger charge is 2.37. The molecule has 2 aromatic rings. The molecule has 2 aromatic heterocycles. The zero-order valence-corrected chi connectivity index (χ0v) is 15.5. The fourth-order valence-electron chi connectivity index (χ4n) is 2.75. The molecule has 1 aliphatic rings. The number of hydrogen-bond acceptors (Lipinski definition) is 3. The van der Waals surface area contributed by atoms with E-state index in [1.54, 1.807) is 4.90 Å². The molecule has 0 N–H and O–H groups in total. The van der Waals surface area contributed by atoms with Crippen molar-refractivity contribution < 1.29 is 9.53 Å². The first kappa shape index (κ1) is 16.3. The summed E-state index contributed by atoms with van der Waals surface area (Å²) in [6.45, 7) is 9.30. The number of imidazole rings is 1. The van der Waals surface area contributed by atoms with Gasteiger partial charge in [0.15, 0.2) is 0 Å². The van der Waals surface area contributed by atoms with Crippen LogP contribution in [-0.2, 0) is 4.74 Å². The Labute approximate surface area is 144 Å². The molecule has 1 amide bonds. The van der Waals surface area contributed by atoms with E-state index >= 15 is 0 Å². The Morgan fingerprint density at radius 2 is 2.04 bits per heavy atom. The Bertz CT molecular complexity index is 729. The van der Waals surface area contributed by atoms with Crippen LogP contribution in [0.5, 0.6) is 0 Å². The van der Waals surface area contributed by atoms with Crippen molar-refractivity contribution in [2.75, 3.05) is 13.1 Å². The highest BCUT2D eigenvalue weighted by molar-refractivity contribution is 9.10. The van der Waals surface area contributed by atoms with Gasteiger partial charge in [-0.3, -0.25) is 0 Å². The number of rotatable bonds is 2. The fraction of sp³-hybridized carbons (Fsp3) is 0.529. The fourth-order valence-corrected chi connectivity index (χ4v) is 3.10. The second-order valence-electron chi connectivity index (χ2n) is 7.21. The zero-order chi connectivity index (χ0) is 16.8. The number of fused-ring (bicyclic) bond motifs is 1. The standard InChI is InChI=1S/C17H22BrN3O2/c1-11(12-7-21(8-12)16(22)23-17(2,3)4)14-10-20-9-13(18)5-6-15(20)19-14/h5-6,9-12H,7-8H2,1-4H3. The Kier molecular flexibility index (Phi) is 4.12. The third-order valence-electron chi connectivity index (χ3n) is 4.17. The van der Waals surface area contributed by atoms with E-state index in [-0.39, 0.29) is 6.09 Å². The van der Waals surface area contributed by atoms with Crippen LogP contribution in [-0.4, -0.2) is 39.1 Å². The van der Waals surface area contributed by atoms with Gasteiger partial charge in [0, 0.05) is 41.8 Å². The van der Waals surface area contributed by atoms with E-state index < -0.39 is 5.60 Å². The molecule has 0 spiro atoms. The third-order valence-corrected chi connectivity index (χ3v) is 4.64. The van der Waals surface area contributed by atoms with Gasteiger partial charge in [0.2, 0.25) is 0 Å². The average Bonchev–Trinajstić information content (AvgIpc) is 2.77. The van der Waals surface area contributed by atoms with Crippen molar-refractivity contribution in [3.05, 3.63) is 34.7 Å². The van der Waals surface area contributed by atoms with Crippen LogP contribution in [0.2, 0.25) is 0 Å². The number of carbonyl (C=O) groups excluding carboxylic acids is 1. The Morgan fingerprint density at radius 1 is 1.35 bits per heavy atom. The lowest BCUT2D eigenvalue weighted by molar-refractivity contribution is -0.00435. The molecule has 23 heavy (non-hydrogen) atoms. The molecule has 0 bridgehead atoms. The Morgan fingerprint density at radius 3 is 2.70 bits per heavy atom. The summed E-state index contributed by atoms with van der Waals surface area (Å²) in [7, 11) is 0. The van der Waals surface area contributed by atoms with Gasteiger partial charge in [-0.15, -0.1) is 0 Å². The van der Waals surface area contributed by atoms with Crippen LogP contribution < -0.4 is 0 Å². The molecule has 5 nitrogen and oxygen atoms in total. The lowest BCUT2D eigenvalue weighted by atomic mass is 9.85. The maximum atomic E-state index is 12.0. The molecule has 1 fully saturated rings. The van der Waals surface area contributed by atoms with E-state index in [9.17, 15) is 4.79 Å². The smallest absolute Gasteiger partial charge is 0.410 e. The van der Waals surface area contributed by atoms with Crippen LogP contribution in [0.15, 0.2) is 29.0 Å². The molecule has 0 radical (unpaired) electrons. The van der Waals surface area contributed by atoms with Gasteiger partial charge in [0.25, 0.3) is 0 Å². The molecule has 1 unspecified atom stereocenters. The predicted octanol–water partition coefficient (Wildman–Crippen LogP) is 4.07. The Hall–Kier alpha value is -1.56. The summed E-state index contributed by atoms with van der Waals surface area (Å²) in [5.74, 6) is 0.739. The van der Waals surface area contributed by atoms with Crippen LogP contribution in [0.4, 0.5) is 4.79 Å². The number of pyridine rings is 1. The van der Waals surface area contributed by atoms with E-state index in [4.69, 9.17) is 9.72 Å². The molecule has 1 atom stereocenters. The maximum Gasteiger partial charge on any atom is 0.410 e. The summed E-state index contributed by atoms with van der Waals surface area (Å²) >= 11 is 3.47. The van der Waals surface area contributed by atoms with Crippen molar-refractivity contribution in [2.24, 2.45) is 5.92 Å². The number of aromatic nitrogens is 2. The van der Waals surface area contributed by atoms with E-state index in [0.717, 1.165) is 28.9 Å². The minimum atomic E-state index is -0.442. The van der Waals surface area contributed by atoms with Gasteiger partial charge in [-0.1, -0.05) is 6.92 Å². The number of carbonyl (C=O) groups is 1. The maximum absolute atomic E-state index is 12.0. The molecule has 3 rings (SSSR count). The van der Waals surface area contributed by atoms with Gasteiger partial charge in [-0.05, 0) is 48.8 Å². The van der Waals surface area contributed by atoms with Gasteiger partial charge in [0.05, 0.1) is 5.69 Å². The third kappa shape index (κ3) is 3.52. The number of likely N-dealkylation sites (tertiary alicyclic amines) is 1. The van der Waals surface area contributed by atoms with Crippen LogP contribution in [0.25, 0.3) is 5.65 Å². The lowest BCUT2D eigenvalue weighted by Crippen LogP contribution is -2.53. The second kappa shape index (κ2) is 5.82. The lowest BCUT2D eigenvalue weighted by Gasteiger charge is -2.42. The van der Waals surface area contributed by atoms with Crippen molar-refractivity contribution in [3.63, 3.8) is 0 Å². The highest BCUT2D eigenvalue weighted by atomic mass is 79.9. The number of hydrogen-bond donors (Lipinski definition) is 0. The summed E-state index contributed by atoms with van der Waals surface area (Å²) in [6, 6.07) is 3.98. The van der Waals surface area contributed by atoms with Crippen molar-refractivity contribution in [2.45, 2.75) is 39.2 Å². The van der Waals surface area contributed by atoms with Crippen LogP contribution in [0, 0.1) is 5.92 Å². The summed E-state index contributed by atoms with van der Waals surface area (Å²) in [4.78, 5) is 18.5. The molecular weight excluding hydrogens is 358 g/mol. The second-order valence-corrected chi connectivity index (χ2v) is 8.13. The summed E-state index contributed by atoms with van der Waals surface area (Å²) in [5, 5.41) is 0. The molecular formula is C17H22BrN3O2. The molecule has 1 aliphatic heterocycles. The first-order valence-corrected chi connectivity index (χ1v) is 8.64. The normalized spacial score (nSPS) is 17.2. The minimum Gasteiger partial charge on any atom is -0.444 e. The van der Waals surface area contributed by atoms with Gasteiger partial charge in [0.1, 0.15) is 11.2 Å². The van der Waals surface area contributed by atoms with Crippen LogP contribution in [0.3, 0.4) is 0 Å². The van der Waals surface area contributed by atoms with E-state index in [1.165, 1.54) is 0 Å². The molecule has 6 heteroatoms. The minimum absolute atomic E-state index is 0.222. The number of halogens is 1. The number of nitrogens with zero attached hydrogens (tertiary/aromatic N) is 3. The van der Waals surface area contributed by atoms with E-state index in [1.807, 2.05) is 43.5 Å². The number of amides is 1. The number of ether oxygens (including phenoxy) is 1. The van der Waals surface area contributed by atoms with E-state index in [2.05, 4.69) is 29.1 Å². The van der Waals surface area contributed by atoms with Gasteiger partial charge in [-0.25, -0.2) is 9.78 Å². The molecule has 0 saturated carbocycles. The van der Waals surface area contributed by atoms with Gasteiger partial charge < -0.3 is 14.0 Å². The SMILES string of the molecule is CC(c1cn2cc(Br)ccc2n1)C1CN(C(=O)OC(C)(C)C)C1. The monoisotopic (exact) mass is 379 g/mol. The molecule has 0 aliphatic carbocycles. The summed E-state index contributed by atoms with van der Waals surface area (Å²) in [5.41, 5.74) is 1.57. The molecule has 3 heterocycles. The largest absolute Gasteiger partial charge is 0.444 e. The molecule has 124 valence electrons. The van der Waals surface area contributed by atoms with Crippen LogP contribution in [0.1, 0.15) is 39.3 Å². The average molecular weight is 380 g/mol. The van der Waals surface area contributed by atoms with Gasteiger partial charge in [-0.2, -0.15) is 0 Å². The first-order valence-electron chi connectivity index (χ1n) is 7.85.